The van der Waals surface area contributed by atoms with Crippen LogP contribution in [0.25, 0.3) is 0 Å². The zero-order valence-corrected chi connectivity index (χ0v) is 14.6. The summed E-state index contributed by atoms with van der Waals surface area (Å²) >= 11 is 0. The molecule has 130 valence electrons. The van der Waals surface area contributed by atoms with Gasteiger partial charge >= 0.3 is 0 Å². The van der Waals surface area contributed by atoms with Crippen molar-refractivity contribution in [3.8, 4) is 0 Å². The van der Waals surface area contributed by atoms with E-state index in [1.54, 1.807) is 0 Å². The quantitative estimate of drug-likeness (QED) is 0.644. The van der Waals surface area contributed by atoms with Gasteiger partial charge in [0, 0.05) is 12.6 Å². The fourth-order valence-corrected chi connectivity index (χ4v) is 3.49. The summed E-state index contributed by atoms with van der Waals surface area (Å²) in [5, 5.41) is 6.10. The first-order valence-corrected chi connectivity index (χ1v) is 9.25. The van der Waals surface area contributed by atoms with E-state index in [-0.39, 0.29) is 17.9 Å². The number of aryl methyl sites for hydroxylation is 1. The molecule has 0 radical (unpaired) electrons. The molecule has 2 saturated carbocycles. The van der Waals surface area contributed by atoms with E-state index < -0.39 is 5.41 Å². The lowest BCUT2D eigenvalue weighted by atomic mass is 10.0. The minimum absolute atomic E-state index is 0.0594. The average molecular weight is 328 g/mol. The average Bonchev–Trinajstić information content (AvgIpc) is 3.39. The van der Waals surface area contributed by atoms with Crippen LogP contribution in [0.4, 0.5) is 0 Å². The summed E-state index contributed by atoms with van der Waals surface area (Å²) in [6.07, 6.45) is 8.31. The number of benzene rings is 1. The number of rotatable bonds is 5. The van der Waals surface area contributed by atoms with Gasteiger partial charge in [0.2, 0.25) is 11.8 Å². The molecule has 3 rings (SSSR count). The van der Waals surface area contributed by atoms with Crippen molar-refractivity contribution in [3.05, 3.63) is 35.4 Å². The Hall–Kier alpha value is -1.84. The number of amides is 2. The van der Waals surface area contributed by atoms with Gasteiger partial charge in [0.1, 0.15) is 5.41 Å². The van der Waals surface area contributed by atoms with Crippen molar-refractivity contribution in [2.75, 3.05) is 0 Å². The summed E-state index contributed by atoms with van der Waals surface area (Å²) in [6, 6.07) is 8.35. The zero-order valence-electron chi connectivity index (χ0n) is 14.6. The maximum absolute atomic E-state index is 12.6. The van der Waals surface area contributed by atoms with Crippen LogP contribution >= 0.6 is 0 Å². The highest BCUT2D eigenvalue weighted by molar-refractivity contribution is 6.07. The van der Waals surface area contributed by atoms with Crippen LogP contribution < -0.4 is 10.6 Å². The maximum atomic E-state index is 12.6. The monoisotopic (exact) mass is 328 g/mol. The molecule has 1 aromatic rings. The summed E-state index contributed by atoms with van der Waals surface area (Å²) in [7, 11) is 0. The van der Waals surface area contributed by atoms with Crippen molar-refractivity contribution < 1.29 is 9.59 Å². The minimum Gasteiger partial charge on any atom is -0.352 e. The van der Waals surface area contributed by atoms with E-state index in [0.29, 0.717) is 19.4 Å². The van der Waals surface area contributed by atoms with Crippen LogP contribution in [0.15, 0.2) is 24.3 Å². The summed E-state index contributed by atoms with van der Waals surface area (Å²) in [5.41, 5.74) is 1.46. The molecule has 2 amide bonds. The molecule has 2 fully saturated rings. The van der Waals surface area contributed by atoms with Crippen LogP contribution in [0, 0.1) is 12.3 Å². The summed E-state index contributed by atoms with van der Waals surface area (Å²) < 4.78 is 0. The zero-order chi connectivity index (χ0) is 17.0. The Morgan fingerprint density at radius 2 is 1.62 bits per heavy atom. The second-order valence-corrected chi connectivity index (χ2v) is 7.41. The highest BCUT2D eigenvalue weighted by Gasteiger charge is 2.56. The second-order valence-electron chi connectivity index (χ2n) is 7.41. The SMILES string of the molecule is Cc1ccc(CNC(=O)C2(C(=O)NC3CCCCCC3)CC2)cc1. The molecular formula is C20H28N2O2. The molecule has 0 aliphatic heterocycles. The molecule has 2 aliphatic carbocycles. The van der Waals surface area contributed by atoms with Gasteiger partial charge < -0.3 is 10.6 Å². The van der Waals surface area contributed by atoms with Crippen molar-refractivity contribution >= 4 is 11.8 Å². The molecule has 0 unspecified atom stereocenters. The lowest BCUT2D eigenvalue weighted by Gasteiger charge is -2.21. The number of carbonyl (C=O) groups excluding carboxylic acids is 2. The van der Waals surface area contributed by atoms with Crippen LogP contribution in [-0.2, 0) is 16.1 Å². The fraction of sp³-hybridized carbons (Fsp3) is 0.600. The smallest absolute Gasteiger partial charge is 0.235 e. The van der Waals surface area contributed by atoms with E-state index in [4.69, 9.17) is 0 Å². The van der Waals surface area contributed by atoms with Crippen LogP contribution in [0.5, 0.6) is 0 Å². The van der Waals surface area contributed by atoms with Gasteiger partial charge in [0.15, 0.2) is 0 Å². The van der Waals surface area contributed by atoms with Gasteiger partial charge in [-0.2, -0.15) is 0 Å². The topological polar surface area (TPSA) is 58.2 Å². The molecule has 1 aromatic carbocycles. The Labute approximate surface area is 144 Å². The van der Waals surface area contributed by atoms with E-state index in [1.807, 2.05) is 31.2 Å². The third-order valence-corrected chi connectivity index (χ3v) is 5.38. The Bertz CT molecular complexity index is 582. The Morgan fingerprint density at radius 3 is 2.21 bits per heavy atom. The van der Waals surface area contributed by atoms with Gasteiger partial charge in [-0.05, 0) is 38.2 Å². The van der Waals surface area contributed by atoms with Crippen molar-refractivity contribution in [1.29, 1.82) is 0 Å². The molecule has 0 aromatic heterocycles. The van der Waals surface area contributed by atoms with E-state index in [1.165, 1.54) is 31.2 Å². The first-order valence-electron chi connectivity index (χ1n) is 9.25. The number of hydrogen-bond donors (Lipinski definition) is 2. The lowest BCUT2D eigenvalue weighted by Crippen LogP contribution is -2.46. The summed E-state index contributed by atoms with van der Waals surface area (Å²) in [6.45, 7) is 2.52. The van der Waals surface area contributed by atoms with Gasteiger partial charge in [-0.25, -0.2) is 0 Å². The van der Waals surface area contributed by atoms with E-state index in [2.05, 4.69) is 10.6 Å². The van der Waals surface area contributed by atoms with Crippen LogP contribution in [0.2, 0.25) is 0 Å². The first-order chi connectivity index (χ1) is 11.6. The van der Waals surface area contributed by atoms with Gasteiger partial charge in [0.25, 0.3) is 0 Å². The normalized spacial score (nSPS) is 20.0. The predicted molar refractivity (Wildman–Crippen MR) is 94.3 cm³/mol. The molecule has 2 aliphatic rings. The fourth-order valence-electron chi connectivity index (χ4n) is 3.49. The molecule has 0 bridgehead atoms. The van der Waals surface area contributed by atoms with Gasteiger partial charge in [-0.15, -0.1) is 0 Å². The van der Waals surface area contributed by atoms with E-state index in [0.717, 1.165) is 18.4 Å². The summed E-state index contributed by atoms with van der Waals surface area (Å²) in [5.74, 6) is -0.176. The largest absolute Gasteiger partial charge is 0.352 e. The van der Waals surface area contributed by atoms with Crippen LogP contribution in [0.3, 0.4) is 0 Å². The second kappa shape index (κ2) is 7.37. The molecule has 4 nitrogen and oxygen atoms in total. The lowest BCUT2D eigenvalue weighted by molar-refractivity contribution is -0.137. The Kier molecular flexibility index (Phi) is 5.22. The van der Waals surface area contributed by atoms with Crippen molar-refractivity contribution in [1.82, 2.24) is 10.6 Å². The highest BCUT2D eigenvalue weighted by Crippen LogP contribution is 2.46. The Morgan fingerprint density at radius 1 is 1.00 bits per heavy atom. The summed E-state index contributed by atoms with van der Waals surface area (Å²) in [4.78, 5) is 25.2. The van der Waals surface area contributed by atoms with Gasteiger partial charge in [-0.1, -0.05) is 55.5 Å². The molecule has 0 atom stereocenters. The van der Waals surface area contributed by atoms with Crippen molar-refractivity contribution in [2.24, 2.45) is 5.41 Å². The molecule has 4 heteroatoms. The third-order valence-electron chi connectivity index (χ3n) is 5.38. The van der Waals surface area contributed by atoms with Crippen molar-refractivity contribution in [2.45, 2.75) is 70.9 Å². The van der Waals surface area contributed by atoms with Gasteiger partial charge in [-0.3, -0.25) is 9.59 Å². The molecule has 0 heterocycles. The number of hydrogen-bond acceptors (Lipinski definition) is 2. The molecular weight excluding hydrogens is 300 g/mol. The van der Waals surface area contributed by atoms with Crippen molar-refractivity contribution in [3.63, 3.8) is 0 Å². The first kappa shape index (κ1) is 17.0. The predicted octanol–water partition coefficient (Wildman–Crippen LogP) is 3.23. The molecule has 0 saturated heterocycles. The molecule has 24 heavy (non-hydrogen) atoms. The highest BCUT2D eigenvalue weighted by atomic mass is 16.2. The van der Waals surface area contributed by atoms with E-state index >= 15 is 0 Å². The minimum atomic E-state index is -0.809. The standard InChI is InChI=1S/C20H28N2O2/c1-15-8-10-16(11-9-15)14-21-18(23)20(12-13-20)19(24)22-17-6-4-2-3-5-7-17/h8-11,17H,2-7,12-14H2,1H3,(H,21,23)(H,22,24). The number of nitrogens with one attached hydrogen (secondary N) is 2. The third kappa shape index (κ3) is 3.97. The molecule has 2 N–H and O–H groups in total. The maximum Gasteiger partial charge on any atom is 0.235 e. The Balaban J connectivity index is 1.53. The van der Waals surface area contributed by atoms with Gasteiger partial charge in [0.05, 0.1) is 0 Å². The number of carbonyl (C=O) groups is 2. The van der Waals surface area contributed by atoms with E-state index in [9.17, 15) is 9.59 Å². The molecule has 0 spiro atoms. The van der Waals surface area contributed by atoms with Crippen LogP contribution in [0.1, 0.15) is 62.5 Å². The van der Waals surface area contributed by atoms with Crippen LogP contribution in [-0.4, -0.2) is 17.9 Å².